The molecule has 2 rings (SSSR count). The van der Waals surface area contributed by atoms with Gasteiger partial charge in [-0.15, -0.1) is 0 Å². The Bertz CT molecular complexity index is 509. The predicted octanol–water partition coefficient (Wildman–Crippen LogP) is 1.82. The predicted molar refractivity (Wildman–Crippen MR) is 62.7 cm³/mol. The number of aliphatic imine (C=N–C) groups is 1. The summed E-state index contributed by atoms with van der Waals surface area (Å²) in [7, 11) is 0. The molecular formula is C12H11N3O. The summed E-state index contributed by atoms with van der Waals surface area (Å²) in [5.74, 6) is 0.569. The first kappa shape index (κ1) is 10.2. The maximum atomic E-state index is 9.48. The van der Waals surface area contributed by atoms with Crippen LogP contribution in [0.25, 0.3) is 0 Å². The van der Waals surface area contributed by atoms with Crippen molar-refractivity contribution in [3.8, 4) is 5.75 Å². The summed E-state index contributed by atoms with van der Waals surface area (Å²) in [4.78, 5) is 7.99. The number of benzene rings is 1. The topological polar surface area (TPSA) is 71.5 Å². The van der Waals surface area contributed by atoms with Gasteiger partial charge >= 0.3 is 0 Å². The van der Waals surface area contributed by atoms with Crippen molar-refractivity contribution < 1.29 is 5.11 Å². The van der Waals surface area contributed by atoms with Crippen LogP contribution in [0, 0.1) is 0 Å². The minimum atomic E-state index is 0.0152. The van der Waals surface area contributed by atoms with E-state index in [9.17, 15) is 5.11 Å². The molecule has 0 bridgehead atoms. The molecule has 0 saturated heterocycles. The van der Waals surface area contributed by atoms with Crippen LogP contribution in [0.2, 0.25) is 0 Å². The Hall–Kier alpha value is -2.36. The van der Waals surface area contributed by atoms with E-state index in [4.69, 9.17) is 5.73 Å². The molecule has 4 heteroatoms. The highest BCUT2D eigenvalue weighted by molar-refractivity contribution is 5.99. The second-order valence-corrected chi connectivity index (χ2v) is 3.21. The maximum Gasteiger partial charge on any atom is 0.196 e. The van der Waals surface area contributed by atoms with Crippen LogP contribution >= 0.6 is 0 Å². The van der Waals surface area contributed by atoms with Crippen molar-refractivity contribution in [3.63, 3.8) is 0 Å². The zero-order valence-electron chi connectivity index (χ0n) is 8.54. The molecule has 3 N–H and O–H groups in total. The molecule has 16 heavy (non-hydrogen) atoms. The molecule has 0 aliphatic rings. The van der Waals surface area contributed by atoms with Crippen LogP contribution in [0.15, 0.2) is 53.7 Å². The van der Waals surface area contributed by atoms with Crippen LogP contribution in [0.3, 0.4) is 0 Å². The van der Waals surface area contributed by atoms with Crippen LogP contribution in [-0.4, -0.2) is 15.9 Å². The Balaban J connectivity index is 2.36. The molecule has 0 aliphatic heterocycles. The maximum absolute atomic E-state index is 9.48. The minimum absolute atomic E-state index is 0.0152. The van der Waals surface area contributed by atoms with Gasteiger partial charge in [0.05, 0.1) is 0 Å². The number of aromatic hydroxyl groups is 1. The van der Waals surface area contributed by atoms with Crippen molar-refractivity contribution in [2.24, 2.45) is 10.7 Å². The van der Waals surface area contributed by atoms with Crippen LogP contribution < -0.4 is 5.73 Å². The van der Waals surface area contributed by atoms with E-state index < -0.39 is 0 Å². The van der Waals surface area contributed by atoms with Crippen LogP contribution in [0.4, 0.5) is 5.82 Å². The Labute approximate surface area is 93.1 Å². The number of hydrogen-bond acceptors (Lipinski definition) is 3. The van der Waals surface area contributed by atoms with E-state index >= 15 is 0 Å². The van der Waals surface area contributed by atoms with Gasteiger partial charge in [-0.3, -0.25) is 0 Å². The molecule has 1 aromatic heterocycles. The van der Waals surface area contributed by atoms with Crippen LogP contribution in [0.5, 0.6) is 5.75 Å². The molecule has 1 heterocycles. The lowest BCUT2D eigenvalue weighted by Crippen LogP contribution is -2.12. The van der Waals surface area contributed by atoms with Gasteiger partial charge in [-0.05, 0) is 12.1 Å². The third-order valence-electron chi connectivity index (χ3n) is 2.06. The highest BCUT2D eigenvalue weighted by Crippen LogP contribution is 2.21. The first-order valence-electron chi connectivity index (χ1n) is 4.81. The molecule has 0 aliphatic carbocycles. The molecule has 1 aromatic carbocycles. The van der Waals surface area contributed by atoms with Crippen molar-refractivity contribution in [3.05, 3.63) is 54.2 Å². The van der Waals surface area contributed by atoms with Gasteiger partial charge in [-0.25, -0.2) is 9.98 Å². The zero-order chi connectivity index (χ0) is 11.4. The number of hydrogen-bond donors (Lipinski definition) is 2. The largest absolute Gasteiger partial charge is 0.504 e. The molecule has 0 radical (unpaired) electrons. The lowest BCUT2D eigenvalue weighted by molar-refractivity contribution is 0.474. The summed E-state index contributed by atoms with van der Waals surface area (Å²) in [6.07, 6.45) is 1.55. The quantitative estimate of drug-likeness (QED) is 0.590. The lowest BCUT2D eigenvalue weighted by atomic mass is 10.2. The first-order chi connectivity index (χ1) is 7.77. The molecule has 2 aromatic rings. The van der Waals surface area contributed by atoms with Gasteiger partial charge in [0.1, 0.15) is 5.84 Å². The van der Waals surface area contributed by atoms with E-state index in [1.54, 1.807) is 12.3 Å². The van der Waals surface area contributed by atoms with Crippen molar-refractivity contribution in [1.29, 1.82) is 0 Å². The van der Waals surface area contributed by atoms with Crippen molar-refractivity contribution >= 4 is 11.7 Å². The highest BCUT2D eigenvalue weighted by Gasteiger charge is 2.01. The van der Waals surface area contributed by atoms with E-state index in [1.807, 2.05) is 30.3 Å². The summed E-state index contributed by atoms with van der Waals surface area (Å²) in [5, 5.41) is 9.48. The summed E-state index contributed by atoms with van der Waals surface area (Å²) in [5.41, 5.74) is 6.59. The first-order valence-corrected chi connectivity index (χ1v) is 4.81. The molecular weight excluding hydrogens is 202 g/mol. The fraction of sp³-hybridized carbons (Fsp3) is 0. The highest BCUT2D eigenvalue weighted by atomic mass is 16.3. The second kappa shape index (κ2) is 4.44. The van der Waals surface area contributed by atoms with E-state index in [1.165, 1.54) is 6.07 Å². The van der Waals surface area contributed by atoms with Crippen LogP contribution in [0.1, 0.15) is 5.56 Å². The number of nitrogens with zero attached hydrogens (tertiary/aromatic N) is 2. The molecule has 0 amide bonds. The Morgan fingerprint density at radius 1 is 1.12 bits per heavy atom. The number of nitrogens with two attached hydrogens (primary N) is 1. The Morgan fingerprint density at radius 2 is 1.88 bits per heavy atom. The van der Waals surface area contributed by atoms with Crippen molar-refractivity contribution in [1.82, 2.24) is 4.98 Å². The summed E-state index contributed by atoms with van der Waals surface area (Å²) in [6.45, 7) is 0. The second-order valence-electron chi connectivity index (χ2n) is 3.21. The Kier molecular flexibility index (Phi) is 2.82. The van der Waals surface area contributed by atoms with Gasteiger partial charge in [0.25, 0.3) is 0 Å². The average molecular weight is 213 g/mol. The van der Waals surface area contributed by atoms with E-state index in [0.29, 0.717) is 5.84 Å². The average Bonchev–Trinajstić information content (AvgIpc) is 2.33. The molecule has 0 saturated carbocycles. The third kappa shape index (κ3) is 2.17. The summed E-state index contributed by atoms with van der Waals surface area (Å²) < 4.78 is 0. The molecule has 0 spiro atoms. The summed E-state index contributed by atoms with van der Waals surface area (Å²) in [6, 6.07) is 12.5. The number of rotatable bonds is 2. The number of amidine groups is 1. The standard InChI is InChI=1S/C12H11N3O/c13-11(9-5-2-1-3-6-9)15-12-10(16)7-4-8-14-12/h1-8,16H,(H2,13,14,15). The monoisotopic (exact) mass is 213 g/mol. The van der Waals surface area contributed by atoms with Crippen molar-refractivity contribution in [2.75, 3.05) is 0 Å². The third-order valence-corrected chi connectivity index (χ3v) is 2.06. The van der Waals surface area contributed by atoms with Crippen LogP contribution in [-0.2, 0) is 0 Å². The Morgan fingerprint density at radius 3 is 2.56 bits per heavy atom. The van der Waals surface area contributed by atoms with Gasteiger partial charge in [0.15, 0.2) is 11.6 Å². The fourth-order valence-electron chi connectivity index (χ4n) is 1.26. The number of aromatic nitrogens is 1. The molecule has 4 nitrogen and oxygen atoms in total. The van der Waals surface area contributed by atoms with Gasteiger partial charge in [0.2, 0.25) is 0 Å². The van der Waals surface area contributed by atoms with E-state index in [2.05, 4.69) is 9.98 Å². The lowest BCUT2D eigenvalue weighted by Gasteiger charge is -2.01. The van der Waals surface area contributed by atoms with Gasteiger partial charge in [-0.2, -0.15) is 0 Å². The molecule has 80 valence electrons. The minimum Gasteiger partial charge on any atom is -0.504 e. The SMILES string of the molecule is N/C(=N\c1ncccc1O)c1ccccc1. The zero-order valence-corrected chi connectivity index (χ0v) is 8.54. The van der Waals surface area contributed by atoms with E-state index in [-0.39, 0.29) is 11.6 Å². The van der Waals surface area contributed by atoms with Crippen molar-refractivity contribution in [2.45, 2.75) is 0 Å². The van der Waals surface area contributed by atoms with Gasteiger partial charge < -0.3 is 10.8 Å². The number of pyridine rings is 1. The normalized spacial score (nSPS) is 11.4. The van der Waals surface area contributed by atoms with Gasteiger partial charge in [-0.1, -0.05) is 30.3 Å². The molecule has 0 unspecified atom stereocenters. The summed E-state index contributed by atoms with van der Waals surface area (Å²) >= 11 is 0. The van der Waals surface area contributed by atoms with Gasteiger partial charge in [0, 0.05) is 11.8 Å². The molecule has 0 atom stereocenters. The fourth-order valence-corrected chi connectivity index (χ4v) is 1.26. The van der Waals surface area contributed by atoms with E-state index in [0.717, 1.165) is 5.56 Å². The smallest absolute Gasteiger partial charge is 0.196 e. The molecule has 0 fully saturated rings.